The zero-order valence-corrected chi connectivity index (χ0v) is 10.1. The summed E-state index contributed by atoms with van der Waals surface area (Å²) < 4.78 is 1.86. The minimum Gasteiger partial charge on any atom is -0.481 e. The molecule has 0 saturated carbocycles. The second-order valence-corrected chi connectivity index (χ2v) is 4.42. The average Bonchev–Trinajstić information content (AvgIpc) is 2.53. The molecule has 5 nitrogen and oxygen atoms in total. The number of hydrogen-bond acceptors (Lipinski definition) is 3. The van der Waals surface area contributed by atoms with Crippen LogP contribution in [0.5, 0.6) is 0 Å². The van der Waals surface area contributed by atoms with Crippen molar-refractivity contribution >= 4 is 5.97 Å². The predicted molar refractivity (Wildman–Crippen MR) is 60.2 cm³/mol. The molecule has 90 valence electrons. The molecule has 0 radical (unpaired) electrons. The normalized spacial score (nSPS) is 11.0. The van der Waals surface area contributed by atoms with Crippen molar-refractivity contribution in [3.8, 4) is 0 Å². The van der Waals surface area contributed by atoms with Gasteiger partial charge in [0.2, 0.25) is 0 Å². The minimum atomic E-state index is -0.795. The number of hydrogen-bond donors (Lipinski definition) is 1. The number of aromatic nitrogens is 3. The number of aryl methyl sites for hydroxylation is 2. The second kappa shape index (κ2) is 5.63. The Bertz CT molecular complexity index is 358. The Kier molecular flexibility index (Phi) is 4.46. The van der Waals surface area contributed by atoms with Crippen LogP contribution in [0.25, 0.3) is 0 Å². The summed E-state index contributed by atoms with van der Waals surface area (Å²) >= 11 is 0. The lowest BCUT2D eigenvalue weighted by Gasteiger charge is -2.05. The Balaban J connectivity index is 2.57. The van der Waals surface area contributed by atoms with Crippen molar-refractivity contribution in [1.29, 1.82) is 0 Å². The molecule has 16 heavy (non-hydrogen) atoms. The second-order valence-electron chi connectivity index (χ2n) is 4.42. The molecule has 5 heteroatoms. The molecule has 0 unspecified atom stereocenters. The van der Waals surface area contributed by atoms with Crippen LogP contribution in [0.1, 0.15) is 38.1 Å². The molecule has 0 atom stereocenters. The van der Waals surface area contributed by atoms with Crippen LogP contribution in [0.2, 0.25) is 0 Å². The van der Waals surface area contributed by atoms with Crippen molar-refractivity contribution in [3.63, 3.8) is 0 Å². The minimum absolute atomic E-state index is 0.115. The van der Waals surface area contributed by atoms with Gasteiger partial charge in [-0.1, -0.05) is 19.1 Å². The van der Waals surface area contributed by atoms with E-state index in [9.17, 15) is 4.79 Å². The summed E-state index contributed by atoms with van der Waals surface area (Å²) in [7, 11) is 0. The summed E-state index contributed by atoms with van der Waals surface area (Å²) in [4.78, 5) is 10.5. The molecular formula is C11H19N3O2. The standard InChI is InChI=1S/C11H19N3O2/c1-8(2)6-7-14-9(3)10(12-13-14)4-5-11(15)16/h8H,4-7H2,1-3H3,(H,15,16). The Morgan fingerprint density at radius 2 is 2.19 bits per heavy atom. The van der Waals surface area contributed by atoms with E-state index >= 15 is 0 Å². The fraction of sp³-hybridized carbons (Fsp3) is 0.727. The topological polar surface area (TPSA) is 68.0 Å². The highest BCUT2D eigenvalue weighted by molar-refractivity contribution is 5.66. The SMILES string of the molecule is Cc1c(CCC(=O)O)nnn1CCC(C)C. The van der Waals surface area contributed by atoms with Gasteiger partial charge in [0.05, 0.1) is 17.8 Å². The maximum absolute atomic E-state index is 10.5. The van der Waals surface area contributed by atoms with Crippen molar-refractivity contribution in [2.45, 2.75) is 46.6 Å². The van der Waals surface area contributed by atoms with E-state index in [2.05, 4.69) is 24.2 Å². The van der Waals surface area contributed by atoms with Gasteiger partial charge in [0.25, 0.3) is 0 Å². The van der Waals surface area contributed by atoms with Gasteiger partial charge in [0.15, 0.2) is 0 Å². The highest BCUT2D eigenvalue weighted by Crippen LogP contribution is 2.09. The van der Waals surface area contributed by atoms with Crippen molar-refractivity contribution in [1.82, 2.24) is 15.0 Å². The Hall–Kier alpha value is -1.39. The number of nitrogens with zero attached hydrogens (tertiary/aromatic N) is 3. The lowest BCUT2D eigenvalue weighted by Crippen LogP contribution is -2.06. The quantitative estimate of drug-likeness (QED) is 0.799. The van der Waals surface area contributed by atoms with Crippen molar-refractivity contribution in [2.24, 2.45) is 5.92 Å². The van der Waals surface area contributed by atoms with Gasteiger partial charge in [-0.3, -0.25) is 4.79 Å². The van der Waals surface area contributed by atoms with E-state index in [4.69, 9.17) is 5.11 Å². The maximum atomic E-state index is 10.5. The number of aliphatic carboxylic acids is 1. The van der Waals surface area contributed by atoms with Crippen molar-refractivity contribution in [3.05, 3.63) is 11.4 Å². The molecule has 1 heterocycles. The van der Waals surface area contributed by atoms with Gasteiger partial charge in [-0.2, -0.15) is 0 Å². The molecule has 0 saturated heterocycles. The maximum Gasteiger partial charge on any atom is 0.303 e. The Labute approximate surface area is 95.5 Å². The monoisotopic (exact) mass is 225 g/mol. The van der Waals surface area contributed by atoms with E-state index in [1.807, 2.05) is 11.6 Å². The summed E-state index contributed by atoms with van der Waals surface area (Å²) in [6.07, 6.45) is 1.63. The van der Waals surface area contributed by atoms with Crippen LogP contribution in [-0.4, -0.2) is 26.1 Å². The largest absolute Gasteiger partial charge is 0.481 e. The first-order valence-electron chi connectivity index (χ1n) is 5.61. The first-order valence-corrected chi connectivity index (χ1v) is 5.61. The van der Waals surface area contributed by atoms with E-state index in [-0.39, 0.29) is 6.42 Å². The molecule has 0 amide bonds. The molecule has 1 rings (SSSR count). The van der Waals surface area contributed by atoms with Gasteiger partial charge in [0.1, 0.15) is 0 Å². The van der Waals surface area contributed by atoms with E-state index in [1.54, 1.807) is 0 Å². The molecule has 0 aliphatic carbocycles. The van der Waals surface area contributed by atoms with Crippen LogP contribution in [0, 0.1) is 12.8 Å². The Morgan fingerprint density at radius 3 is 2.75 bits per heavy atom. The fourth-order valence-corrected chi connectivity index (χ4v) is 1.45. The van der Waals surface area contributed by atoms with Gasteiger partial charge in [-0.15, -0.1) is 5.10 Å². The zero-order chi connectivity index (χ0) is 12.1. The number of rotatable bonds is 6. The van der Waals surface area contributed by atoms with Gasteiger partial charge < -0.3 is 5.11 Å². The molecule has 0 fully saturated rings. The summed E-state index contributed by atoms with van der Waals surface area (Å²) in [6.45, 7) is 7.12. The van der Waals surface area contributed by atoms with Gasteiger partial charge >= 0.3 is 5.97 Å². The van der Waals surface area contributed by atoms with E-state index in [0.29, 0.717) is 12.3 Å². The van der Waals surface area contributed by atoms with Gasteiger partial charge in [0, 0.05) is 13.0 Å². The third kappa shape index (κ3) is 3.64. The van der Waals surface area contributed by atoms with Crippen LogP contribution < -0.4 is 0 Å². The van der Waals surface area contributed by atoms with Gasteiger partial charge in [-0.25, -0.2) is 4.68 Å². The molecule has 1 aromatic heterocycles. The number of carboxylic acids is 1. The van der Waals surface area contributed by atoms with E-state index < -0.39 is 5.97 Å². The lowest BCUT2D eigenvalue weighted by molar-refractivity contribution is -0.136. The predicted octanol–water partition coefficient (Wildman–Crippen LogP) is 1.65. The van der Waals surface area contributed by atoms with Crippen molar-refractivity contribution < 1.29 is 9.90 Å². The van der Waals surface area contributed by atoms with Crippen molar-refractivity contribution in [2.75, 3.05) is 0 Å². The van der Waals surface area contributed by atoms with Gasteiger partial charge in [-0.05, 0) is 19.3 Å². The third-order valence-electron chi connectivity index (χ3n) is 2.57. The summed E-state index contributed by atoms with van der Waals surface area (Å²) in [5.74, 6) is -0.165. The molecular weight excluding hydrogens is 206 g/mol. The fourth-order valence-electron chi connectivity index (χ4n) is 1.45. The highest BCUT2D eigenvalue weighted by atomic mass is 16.4. The zero-order valence-electron chi connectivity index (χ0n) is 10.1. The molecule has 1 N–H and O–H groups in total. The summed E-state index contributed by atoms with van der Waals surface area (Å²) in [5, 5.41) is 16.6. The van der Waals surface area contributed by atoms with E-state index in [1.165, 1.54) is 0 Å². The van der Waals surface area contributed by atoms with Crippen LogP contribution in [0.4, 0.5) is 0 Å². The summed E-state index contributed by atoms with van der Waals surface area (Å²) in [5.41, 5.74) is 1.79. The first-order chi connectivity index (χ1) is 7.50. The molecule has 0 aromatic carbocycles. The smallest absolute Gasteiger partial charge is 0.303 e. The molecule has 0 aliphatic rings. The third-order valence-corrected chi connectivity index (χ3v) is 2.57. The lowest BCUT2D eigenvalue weighted by atomic mass is 10.1. The van der Waals surface area contributed by atoms with Crippen LogP contribution in [-0.2, 0) is 17.8 Å². The van der Waals surface area contributed by atoms with Crippen LogP contribution in [0.15, 0.2) is 0 Å². The Morgan fingerprint density at radius 1 is 1.50 bits per heavy atom. The van der Waals surface area contributed by atoms with Crippen LogP contribution in [0.3, 0.4) is 0 Å². The molecule has 0 aliphatic heterocycles. The first kappa shape index (κ1) is 12.7. The molecule has 0 spiro atoms. The average molecular weight is 225 g/mol. The van der Waals surface area contributed by atoms with E-state index in [0.717, 1.165) is 24.4 Å². The van der Waals surface area contributed by atoms with Crippen LogP contribution >= 0.6 is 0 Å². The number of carbonyl (C=O) groups is 1. The molecule has 1 aromatic rings. The number of carboxylic acid groups (broad SMARTS) is 1. The summed E-state index contributed by atoms with van der Waals surface area (Å²) in [6, 6.07) is 0. The highest BCUT2D eigenvalue weighted by Gasteiger charge is 2.10. The molecule has 0 bridgehead atoms.